The van der Waals surface area contributed by atoms with Gasteiger partial charge in [0.25, 0.3) is 0 Å². The van der Waals surface area contributed by atoms with E-state index in [1.54, 1.807) is 6.20 Å². The quantitative estimate of drug-likeness (QED) is 0.362. The van der Waals surface area contributed by atoms with Crippen LogP contribution in [0.3, 0.4) is 0 Å². The second-order valence-electron chi connectivity index (χ2n) is 4.71. The number of nitrogens with two attached hydrogens (primary N) is 1. The molecule has 0 aromatic carbocycles. The van der Waals surface area contributed by atoms with Crippen LogP contribution in [-0.4, -0.2) is 29.1 Å². The van der Waals surface area contributed by atoms with Crippen molar-refractivity contribution < 1.29 is 5.21 Å². The summed E-state index contributed by atoms with van der Waals surface area (Å²) in [4.78, 5) is 6.67. The van der Waals surface area contributed by atoms with Crippen LogP contribution in [-0.2, 0) is 0 Å². The van der Waals surface area contributed by atoms with Crippen LogP contribution >= 0.6 is 0 Å². The highest BCUT2D eigenvalue weighted by Crippen LogP contribution is 2.23. The topological polar surface area (TPSA) is 74.7 Å². The molecule has 5 heteroatoms. The fraction of sp³-hybridized carbons (Fsp3) is 0.538. The molecule has 0 radical (unpaired) electrons. The van der Waals surface area contributed by atoms with Gasteiger partial charge in [-0.1, -0.05) is 18.0 Å². The van der Waals surface area contributed by atoms with E-state index in [1.165, 1.54) is 25.7 Å². The Morgan fingerprint density at radius 3 is 2.61 bits per heavy atom. The molecular weight excluding hydrogens is 228 g/mol. The summed E-state index contributed by atoms with van der Waals surface area (Å²) >= 11 is 0. The van der Waals surface area contributed by atoms with Gasteiger partial charge < -0.3 is 15.8 Å². The van der Waals surface area contributed by atoms with Gasteiger partial charge in [0.15, 0.2) is 5.84 Å². The fourth-order valence-electron chi connectivity index (χ4n) is 2.43. The van der Waals surface area contributed by atoms with Crippen molar-refractivity contribution in [3.63, 3.8) is 0 Å². The van der Waals surface area contributed by atoms with Gasteiger partial charge in [-0.15, -0.1) is 0 Å². The Bertz CT molecular complexity index is 437. The molecule has 3 N–H and O–H groups in total. The lowest BCUT2D eigenvalue weighted by molar-refractivity contribution is 0.318. The molecule has 18 heavy (non-hydrogen) atoms. The Morgan fingerprint density at radius 2 is 2.00 bits per heavy atom. The summed E-state index contributed by atoms with van der Waals surface area (Å²) in [7, 11) is 0. The lowest BCUT2D eigenvalue weighted by atomic mass is 10.1. The highest BCUT2D eigenvalue weighted by molar-refractivity contribution is 6.02. The summed E-state index contributed by atoms with van der Waals surface area (Å²) in [5.41, 5.74) is 7.51. The highest BCUT2D eigenvalue weighted by Gasteiger charge is 2.18. The molecule has 0 aliphatic carbocycles. The first-order valence-corrected chi connectivity index (χ1v) is 6.42. The number of rotatable bonds is 2. The predicted molar refractivity (Wildman–Crippen MR) is 72.2 cm³/mol. The van der Waals surface area contributed by atoms with Crippen LogP contribution in [0.25, 0.3) is 0 Å². The summed E-state index contributed by atoms with van der Waals surface area (Å²) in [6, 6.07) is 1.88. The number of aromatic nitrogens is 1. The van der Waals surface area contributed by atoms with Gasteiger partial charge in [0.2, 0.25) is 0 Å². The van der Waals surface area contributed by atoms with E-state index < -0.39 is 0 Å². The zero-order valence-electron chi connectivity index (χ0n) is 10.8. The third-order valence-corrected chi connectivity index (χ3v) is 3.41. The highest BCUT2D eigenvalue weighted by atomic mass is 16.4. The van der Waals surface area contributed by atoms with Gasteiger partial charge in [-0.2, -0.15) is 0 Å². The largest absolute Gasteiger partial charge is 0.409 e. The van der Waals surface area contributed by atoms with Crippen molar-refractivity contribution >= 4 is 11.7 Å². The molecule has 2 rings (SSSR count). The van der Waals surface area contributed by atoms with E-state index in [1.807, 2.05) is 13.0 Å². The second-order valence-corrected chi connectivity index (χ2v) is 4.71. The molecule has 1 saturated heterocycles. The molecule has 0 bridgehead atoms. The van der Waals surface area contributed by atoms with Crippen LogP contribution in [0.4, 0.5) is 5.82 Å². The maximum Gasteiger partial charge on any atom is 0.174 e. The molecule has 1 aromatic heterocycles. The molecule has 0 atom stereocenters. The normalized spacial score (nSPS) is 17.6. The lowest BCUT2D eigenvalue weighted by Crippen LogP contribution is -2.29. The monoisotopic (exact) mass is 248 g/mol. The number of pyridine rings is 1. The molecule has 0 spiro atoms. The minimum Gasteiger partial charge on any atom is -0.409 e. The molecule has 0 unspecified atom stereocenters. The van der Waals surface area contributed by atoms with Gasteiger partial charge in [0.1, 0.15) is 5.82 Å². The van der Waals surface area contributed by atoms with Crippen LogP contribution in [0.2, 0.25) is 0 Å². The molecule has 5 nitrogen and oxygen atoms in total. The Balaban J connectivity index is 2.39. The van der Waals surface area contributed by atoms with Gasteiger partial charge >= 0.3 is 0 Å². The van der Waals surface area contributed by atoms with Crippen molar-refractivity contribution in [1.82, 2.24) is 4.98 Å². The van der Waals surface area contributed by atoms with Crippen LogP contribution in [0, 0.1) is 6.92 Å². The fourth-order valence-corrected chi connectivity index (χ4v) is 2.43. The molecule has 1 aliphatic rings. The lowest BCUT2D eigenvalue weighted by Gasteiger charge is -2.24. The van der Waals surface area contributed by atoms with Crippen molar-refractivity contribution in [1.29, 1.82) is 0 Å². The maximum absolute atomic E-state index is 8.91. The number of hydrogen-bond donors (Lipinski definition) is 2. The summed E-state index contributed by atoms with van der Waals surface area (Å²) in [5, 5.41) is 12.0. The van der Waals surface area contributed by atoms with Crippen LogP contribution in [0.1, 0.15) is 36.8 Å². The molecule has 0 amide bonds. The minimum atomic E-state index is 0.139. The van der Waals surface area contributed by atoms with E-state index >= 15 is 0 Å². The van der Waals surface area contributed by atoms with Crippen molar-refractivity contribution in [2.75, 3.05) is 18.0 Å². The molecule has 98 valence electrons. The van der Waals surface area contributed by atoms with E-state index in [-0.39, 0.29) is 5.84 Å². The number of hydrogen-bond acceptors (Lipinski definition) is 4. The zero-order valence-corrected chi connectivity index (χ0v) is 10.8. The van der Waals surface area contributed by atoms with Gasteiger partial charge in [-0.05, 0) is 31.4 Å². The Morgan fingerprint density at radius 1 is 1.33 bits per heavy atom. The van der Waals surface area contributed by atoms with Gasteiger partial charge in [-0.25, -0.2) is 4.98 Å². The predicted octanol–water partition coefficient (Wildman–Crippen LogP) is 1.86. The molecule has 1 aliphatic heterocycles. The maximum atomic E-state index is 8.91. The number of anilines is 1. The average molecular weight is 248 g/mol. The van der Waals surface area contributed by atoms with Gasteiger partial charge in [0, 0.05) is 19.3 Å². The molecule has 2 heterocycles. The SMILES string of the molecule is Cc1ccnc(N2CCCCCC2)c1/C(N)=N/O. The second kappa shape index (κ2) is 5.71. The first-order valence-electron chi connectivity index (χ1n) is 6.42. The van der Waals surface area contributed by atoms with Crippen molar-refractivity contribution in [3.05, 3.63) is 23.4 Å². The average Bonchev–Trinajstić information content (AvgIpc) is 2.66. The van der Waals surface area contributed by atoms with Gasteiger partial charge in [-0.3, -0.25) is 0 Å². The van der Waals surface area contributed by atoms with E-state index in [4.69, 9.17) is 10.9 Å². The van der Waals surface area contributed by atoms with Crippen molar-refractivity contribution in [2.45, 2.75) is 32.6 Å². The van der Waals surface area contributed by atoms with Crippen molar-refractivity contribution in [2.24, 2.45) is 10.9 Å². The van der Waals surface area contributed by atoms with E-state index in [9.17, 15) is 0 Å². The number of oxime groups is 1. The Hall–Kier alpha value is -1.78. The Kier molecular flexibility index (Phi) is 4.02. The molecule has 1 aromatic rings. The summed E-state index contributed by atoms with van der Waals surface area (Å²) in [6.07, 6.45) is 6.66. The number of amidine groups is 1. The first kappa shape index (κ1) is 12.7. The number of aryl methyl sites for hydroxylation is 1. The third kappa shape index (κ3) is 2.55. The molecular formula is C13H20N4O. The smallest absolute Gasteiger partial charge is 0.174 e. The molecule has 1 fully saturated rings. The van der Waals surface area contributed by atoms with E-state index in [0.29, 0.717) is 0 Å². The van der Waals surface area contributed by atoms with Crippen LogP contribution < -0.4 is 10.6 Å². The zero-order chi connectivity index (χ0) is 13.0. The van der Waals surface area contributed by atoms with E-state index in [0.717, 1.165) is 30.0 Å². The minimum absolute atomic E-state index is 0.139. The summed E-state index contributed by atoms with van der Waals surface area (Å²) in [5.74, 6) is 0.979. The first-order chi connectivity index (χ1) is 8.74. The van der Waals surface area contributed by atoms with E-state index in [2.05, 4.69) is 15.0 Å². The molecule has 0 saturated carbocycles. The number of nitrogens with zero attached hydrogens (tertiary/aromatic N) is 3. The van der Waals surface area contributed by atoms with Crippen LogP contribution in [0.5, 0.6) is 0 Å². The Labute approximate surface area is 107 Å². The summed E-state index contributed by atoms with van der Waals surface area (Å²) < 4.78 is 0. The standard InChI is InChI=1S/C13H20N4O/c1-10-6-7-15-13(11(10)12(14)16-18)17-8-4-2-3-5-9-17/h6-7,18H,2-5,8-9H2,1H3,(H2,14,16). The van der Waals surface area contributed by atoms with Crippen molar-refractivity contribution in [3.8, 4) is 0 Å². The van der Waals surface area contributed by atoms with Gasteiger partial charge in [0.05, 0.1) is 5.56 Å². The summed E-state index contributed by atoms with van der Waals surface area (Å²) in [6.45, 7) is 3.93. The third-order valence-electron chi connectivity index (χ3n) is 3.41. The van der Waals surface area contributed by atoms with Crippen LogP contribution in [0.15, 0.2) is 17.4 Å².